The second-order valence-corrected chi connectivity index (χ2v) is 4.78. The molecule has 1 aromatic carbocycles. The van der Waals surface area contributed by atoms with Crippen molar-refractivity contribution < 1.29 is 14.3 Å². The van der Waals surface area contributed by atoms with Gasteiger partial charge in [-0.3, -0.25) is 4.79 Å². The zero-order valence-corrected chi connectivity index (χ0v) is 11.2. The lowest BCUT2D eigenvalue weighted by atomic mass is 10.0. The van der Waals surface area contributed by atoms with Gasteiger partial charge in [-0.2, -0.15) is 0 Å². The van der Waals surface area contributed by atoms with Gasteiger partial charge in [0.05, 0.1) is 16.5 Å². The first kappa shape index (κ1) is 12.8. The molecule has 0 saturated carbocycles. The van der Waals surface area contributed by atoms with Gasteiger partial charge in [0.15, 0.2) is 0 Å². The summed E-state index contributed by atoms with van der Waals surface area (Å²) in [6.07, 6.45) is 0. The van der Waals surface area contributed by atoms with Crippen LogP contribution in [0.2, 0.25) is 0 Å². The minimum absolute atomic E-state index is 0.0227. The normalized spacial score (nSPS) is 10.9. The Kier molecular flexibility index (Phi) is 2.98. The molecule has 1 heterocycles. The molecule has 0 aliphatic carbocycles. The number of rotatable bonds is 1. The van der Waals surface area contributed by atoms with Crippen molar-refractivity contribution in [2.75, 3.05) is 0 Å². The fourth-order valence-electron chi connectivity index (χ4n) is 2.02. The van der Waals surface area contributed by atoms with E-state index < -0.39 is 17.3 Å². The monoisotopic (exact) mass is 313 g/mol. The summed E-state index contributed by atoms with van der Waals surface area (Å²) < 4.78 is 15.6. The topological polar surface area (TPSA) is 59.3 Å². The van der Waals surface area contributed by atoms with Gasteiger partial charge >= 0.3 is 5.97 Å². The maximum atomic E-state index is 13.9. The SMILES string of the molecule is Cc1c(C(=O)O)c2c(F)ccc(Br)c2n(C)c1=O. The maximum absolute atomic E-state index is 13.9. The van der Waals surface area contributed by atoms with Crippen LogP contribution in [0.4, 0.5) is 4.39 Å². The van der Waals surface area contributed by atoms with Gasteiger partial charge in [0.1, 0.15) is 5.82 Å². The number of carbonyl (C=O) groups is 1. The van der Waals surface area contributed by atoms with Gasteiger partial charge in [-0.25, -0.2) is 9.18 Å². The molecule has 0 fully saturated rings. The third kappa shape index (κ3) is 1.64. The lowest BCUT2D eigenvalue weighted by Crippen LogP contribution is -2.24. The number of pyridine rings is 1. The molecule has 0 amide bonds. The second-order valence-electron chi connectivity index (χ2n) is 3.92. The molecular formula is C12H9BrFNO3. The number of hydrogen-bond acceptors (Lipinski definition) is 2. The Morgan fingerprint density at radius 2 is 2.06 bits per heavy atom. The zero-order valence-electron chi connectivity index (χ0n) is 9.62. The highest BCUT2D eigenvalue weighted by atomic mass is 79.9. The van der Waals surface area contributed by atoms with Crippen LogP contribution in [-0.2, 0) is 7.05 Å². The summed E-state index contributed by atoms with van der Waals surface area (Å²) in [6.45, 7) is 1.38. The highest BCUT2D eigenvalue weighted by Crippen LogP contribution is 2.28. The Hall–Kier alpha value is -1.69. The molecule has 0 atom stereocenters. The smallest absolute Gasteiger partial charge is 0.336 e. The minimum atomic E-state index is -1.31. The molecule has 2 rings (SSSR count). The standard InChI is InChI=1S/C12H9BrFNO3/c1-5-8(12(17)18)9-7(14)4-3-6(13)10(9)15(2)11(5)16/h3-4H,1-2H3,(H,17,18). The van der Waals surface area contributed by atoms with Gasteiger partial charge in [0, 0.05) is 17.1 Å². The lowest BCUT2D eigenvalue weighted by molar-refractivity contribution is 0.0697. The molecule has 18 heavy (non-hydrogen) atoms. The number of aromatic nitrogens is 1. The first-order valence-electron chi connectivity index (χ1n) is 5.06. The van der Waals surface area contributed by atoms with Crippen LogP contribution < -0.4 is 5.56 Å². The van der Waals surface area contributed by atoms with Crippen molar-refractivity contribution in [2.24, 2.45) is 7.05 Å². The predicted octanol–water partition coefficient (Wildman–Crippen LogP) is 2.45. The number of nitrogens with zero attached hydrogens (tertiary/aromatic N) is 1. The summed E-state index contributed by atoms with van der Waals surface area (Å²) in [6, 6.07) is 2.61. The van der Waals surface area contributed by atoms with Crippen LogP contribution in [0.25, 0.3) is 10.9 Å². The van der Waals surface area contributed by atoms with E-state index in [0.717, 1.165) is 0 Å². The van der Waals surface area contributed by atoms with E-state index in [2.05, 4.69) is 15.9 Å². The highest BCUT2D eigenvalue weighted by molar-refractivity contribution is 9.10. The summed E-state index contributed by atoms with van der Waals surface area (Å²) in [5, 5.41) is 9.11. The Balaban J connectivity index is 3.23. The molecular weight excluding hydrogens is 305 g/mol. The van der Waals surface area contributed by atoms with Crippen LogP contribution >= 0.6 is 15.9 Å². The van der Waals surface area contributed by atoms with E-state index in [4.69, 9.17) is 5.11 Å². The van der Waals surface area contributed by atoms with Crippen LogP contribution in [0.5, 0.6) is 0 Å². The number of aromatic carboxylic acids is 1. The van der Waals surface area contributed by atoms with Gasteiger partial charge in [-0.15, -0.1) is 0 Å². The summed E-state index contributed by atoms with van der Waals surface area (Å²) in [5.74, 6) is -1.98. The molecule has 0 radical (unpaired) electrons. The molecule has 1 N–H and O–H groups in total. The molecule has 0 unspecified atom stereocenters. The Labute approximate surface area is 110 Å². The molecule has 0 spiro atoms. The van der Waals surface area contributed by atoms with Crippen molar-refractivity contribution >= 4 is 32.8 Å². The number of benzene rings is 1. The van der Waals surface area contributed by atoms with E-state index in [-0.39, 0.29) is 22.0 Å². The molecule has 0 aliphatic rings. The van der Waals surface area contributed by atoms with E-state index in [0.29, 0.717) is 4.47 Å². The number of halogens is 2. The second kappa shape index (κ2) is 4.20. The molecule has 0 saturated heterocycles. The van der Waals surface area contributed by atoms with E-state index in [1.165, 1.54) is 30.7 Å². The Bertz CT molecular complexity index is 736. The highest BCUT2D eigenvalue weighted by Gasteiger charge is 2.21. The molecule has 0 aliphatic heterocycles. The number of aryl methyl sites for hydroxylation is 1. The first-order chi connectivity index (χ1) is 8.36. The van der Waals surface area contributed by atoms with E-state index >= 15 is 0 Å². The zero-order chi connectivity index (χ0) is 13.6. The molecule has 2 aromatic rings. The van der Waals surface area contributed by atoms with Gasteiger partial charge < -0.3 is 9.67 Å². The van der Waals surface area contributed by atoms with Crippen molar-refractivity contribution in [1.29, 1.82) is 0 Å². The Morgan fingerprint density at radius 1 is 1.44 bits per heavy atom. The van der Waals surface area contributed by atoms with Crippen LogP contribution in [0.3, 0.4) is 0 Å². The minimum Gasteiger partial charge on any atom is -0.478 e. The molecule has 1 aromatic heterocycles. The van der Waals surface area contributed by atoms with Crippen LogP contribution in [0.1, 0.15) is 15.9 Å². The van der Waals surface area contributed by atoms with Crippen LogP contribution in [0.15, 0.2) is 21.4 Å². The molecule has 6 heteroatoms. The van der Waals surface area contributed by atoms with E-state index in [1.807, 2.05) is 0 Å². The maximum Gasteiger partial charge on any atom is 0.336 e. The predicted molar refractivity (Wildman–Crippen MR) is 68.5 cm³/mol. The summed E-state index contributed by atoms with van der Waals surface area (Å²) in [5.41, 5.74) is -0.476. The van der Waals surface area contributed by atoms with Crippen molar-refractivity contribution in [2.45, 2.75) is 6.92 Å². The number of carboxylic acids is 1. The molecule has 94 valence electrons. The van der Waals surface area contributed by atoms with Gasteiger partial charge in [0.25, 0.3) is 5.56 Å². The van der Waals surface area contributed by atoms with E-state index in [9.17, 15) is 14.0 Å². The fraction of sp³-hybridized carbons (Fsp3) is 0.167. The largest absolute Gasteiger partial charge is 0.478 e. The van der Waals surface area contributed by atoms with Crippen LogP contribution in [0, 0.1) is 12.7 Å². The van der Waals surface area contributed by atoms with E-state index in [1.54, 1.807) is 0 Å². The summed E-state index contributed by atoms with van der Waals surface area (Å²) >= 11 is 3.20. The number of fused-ring (bicyclic) bond motifs is 1. The van der Waals surface area contributed by atoms with Crippen molar-refractivity contribution in [1.82, 2.24) is 4.57 Å². The van der Waals surface area contributed by atoms with Crippen LogP contribution in [-0.4, -0.2) is 15.6 Å². The third-order valence-corrected chi connectivity index (χ3v) is 3.52. The number of carboxylic acid groups (broad SMARTS) is 1. The van der Waals surface area contributed by atoms with Gasteiger partial charge in [-0.05, 0) is 35.0 Å². The average Bonchev–Trinajstić information content (AvgIpc) is 2.30. The molecule has 0 bridgehead atoms. The van der Waals surface area contributed by atoms with Gasteiger partial charge in [0.2, 0.25) is 0 Å². The summed E-state index contributed by atoms with van der Waals surface area (Å²) in [7, 11) is 1.48. The van der Waals surface area contributed by atoms with Crippen molar-refractivity contribution in [3.63, 3.8) is 0 Å². The average molecular weight is 314 g/mol. The van der Waals surface area contributed by atoms with Crippen molar-refractivity contribution in [3.05, 3.63) is 43.9 Å². The van der Waals surface area contributed by atoms with Crippen molar-refractivity contribution in [3.8, 4) is 0 Å². The number of hydrogen-bond donors (Lipinski definition) is 1. The van der Waals surface area contributed by atoms with Gasteiger partial charge in [-0.1, -0.05) is 0 Å². The molecule has 4 nitrogen and oxygen atoms in total. The quantitative estimate of drug-likeness (QED) is 0.879. The Morgan fingerprint density at radius 3 is 2.61 bits per heavy atom. The third-order valence-electron chi connectivity index (χ3n) is 2.88. The fourth-order valence-corrected chi connectivity index (χ4v) is 2.62. The lowest BCUT2D eigenvalue weighted by Gasteiger charge is -2.12. The first-order valence-corrected chi connectivity index (χ1v) is 5.86. The summed E-state index contributed by atoms with van der Waals surface area (Å²) in [4.78, 5) is 23.2.